The third kappa shape index (κ3) is 4.20. The maximum atomic E-state index is 14.8. The van der Waals surface area contributed by atoms with Crippen molar-refractivity contribution in [3.63, 3.8) is 0 Å². The summed E-state index contributed by atoms with van der Waals surface area (Å²) in [6.45, 7) is -1.06. The zero-order valence-corrected chi connectivity index (χ0v) is 15.8. The average molecular weight is 410 g/mol. The van der Waals surface area contributed by atoms with Gasteiger partial charge < -0.3 is 29.9 Å². The number of aliphatic hydroxyl groups is 4. The highest BCUT2D eigenvalue weighted by Gasteiger charge is 2.62. The van der Waals surface area contributed by atoms with Crippen LogP contribution in [0.15, 0.2) is 48.5 Å². The molecule has 29 heavy (non-hydrogen) atoms. The molecule has 0 spiro atoms. The van der Waals surface area contributed by atoms with E-state index in [1.165, 1.54) is 6.07 Å². The van der Waals surface area contributed by atoms with Gasteiger partial charge in [-0.2, -0.15) is 0 Å². The number of halogens is 2. The SMILES string of the molecule is COc1ccc(Cc2ccccc2O[C@H]2[C@H](O)[C@@H](O)[C@H](O)[C@@H](CO)C2(F)F)cc1. The lowest BCUT2D eigenvalue weighted by Gasteiger charge is -2.45. The Balaban J connectivity index is 1.87. The molecule has 158 valence electrons. The van der Waals surface area contributed by atoms with Crippen molar-refractivity contribution < 1.29 is 38.7 Å². The molecule has 1 fully saturated rings. The van der Waals surface area contributed by atoms with Gasteiger partial charge in [0.25, 0.3) is 5.92 Å². The van der Waals surface area contributed by atoms with Crippen LogP contribution in [-0.4, -0.2) is 64.5 Å². The maximum Gasteiger partial charge on any atom is 0.294 e. The Morgan fingerprint density at radius 3 is 2.21 bits per heavy atom. The molecule has 0 heterocycles. The van der Waals surface area contributed by atoms with Crippen LogP contribution in [0, 0.1) is 5.92 Å². The summed E-state index contributed by atoms with van der Waals surface area (Å²) in [5.74, 6) is -4.92. The zero-order chi connectivity index (χ0) is 21.2. The van der Waals surface area contributed by atoms with Gasteiger partial charge >= 0.3 is 0 Å². The van der Waals surface area contributed by atoms with E-state index in [4.69, 9.17) is 9.47 Å². The van der Waals surface area contributed by atoms with Crippen molar-refractivity contribution in [2.75, 3.05) is 13.7 Å². The minimum Gasteiger partial charge on any atom is -0.497 e. The van der Waals surface area contributed by atoms with E-state index in [-0.39, 0.29) is 5.75 Å². The van der Waals surface area contributed by atoms with E-state index in [9.17, 15) is 29.2 Å². The highest BCUT2D eigenvalue weighted by Crippen LogP contribution is 2.41. The monoisotopic (exact) mass is 410 g/mol. The number of hydrogen-bond acceptors (Lipinski definition) is 6. The van der Waals surface area contributed by atoms with Crippen LogP contribution in [0.5, 0.6) is 11.5 Å². The van der Waals surface area contributed by atoms with Crippen LogP contribution < -0.4 is 9.47 Å². The van der Waals surface area contributed by atoms with Gasteiger partial charge in [0, 0.05) is 6.42 Å². The fourth-order valence-electron chi connectivity index (χ4n) is 3.53. The van der Waals surface area contributed by atoms with E-state index in [1.54, 1.807) is 37.4 Å². The van der Waals surface area contributed by atoms with E-state index < -0.39 is 42.9 Å². The lowest BCUT2D eigenvalue weighted by atomic mass is 9.78. The number of ether oxygens (including phenoxy) is 2. The van der Waals surface area contributed by atoms with E-state index in [2.05, 4.69) is 0 Å². The van der Waals surface area contributed by atoms with E-state index >= 15 is 0 Å². The molecule has 0 amide bonds. The zero-order valence-electron chi connectivity index (χ0n) is 15.8. The molecule has 2 aromatic carbocycles. The van der Waals surface area contributed by atoms with Crippen molar-refractivity contribution in [2.45, 2.75) is 36.8 Å². The molecule has 6 nitrogen and oxygen atoms in total. The number of rotatable bonds is 6. The number of methoxy groups -OCH3 is 1. The van der Waals surface area contributed by atoms with E-state index in [0.717, 1.165) is 5.56 Å². The molecule has 0 aliphatic heterocycles. The summed E-state index contributed by atoms with van der Waals surface area (Å²) < 4.78 is 40.2. The van der Waals surface area contributed by atoms with Crippen LogP contribution in [0.3, 0.4) is 0 Å². The van der Waals surface area contributed by atoms with Gasteiger partial charge in [0.15, 0.2) is 6.10 Å². The van der Waals surface area contributed by atoms with Gasteiger partial charge in [0.1, 0.15) is 23.7 Å². The molecule has 3 rings (SSSR count). The van der Waals surface area contributed by atoms with Gasteiger partial charge in [-0.3, -0.25) is 0 Å². The summed E-state index contributed by atoms with van der Waals surface area (Å²) in [5, 5.41) is 39.2. The largest absolute Gasteiger partial charge is 0.497 e. The van der Waals surface area contributed by atoms with Gasteiger partial charge in [-0.05, 0) is 29.3 Å². The highest BCUT2D eigenvalue weighted by atomic mass is 19.3. The summed E-state index contributed by atoms with van der Waals surface area (Å²) in [4.78, 5) is 0. The van der Waals surface area contributed by atoms with Crippen LogP contribution >= 0.6 is 0 Å². The number of alkyl halides is 2. The second-order valence-corrected chi connectivity index (χ2v) is 7.11. The minimum atomic E-state index is -3.76. The summed E-state index contributed by atoms with van der Waals surface area (Å²) >= 11 is 0. The molecular weight excluding hydrogens is 386 g/mol. The Labute approximate surface area is 167 Å². The first-order valence-electron chi connectivity index (χ1n) is 9.20. The van der Waals surface area contributed by atoms with Crippen molar-refractivity contribution in [2.24, 2.45) is 5.92 Å². The van der Waals surface area contributed by atoms with Crippen LogP contribution in [-0.2, 0) is 6.42 Å². The molecule has 1 aliphatic carbocycles. The molecule has 4 N–H and O–H groups in total. The Morgan fingerprint density at radius 2 is 1.59 bits per heavy atom. The number of benzene rings is 2. The molecule has 0 bridgehead atoms. The topological polar surface area (TPSA) is 99.4 Å². The summed E-state index contributed by atoms with van der Waals surface area (Å²) in [6.07, 6.45) is -7.62. The molecule has 1 saturated carbocycles. The third-order valence-corrected chi connectivity index (χ3v) is 5.27. The smallest absolute Gasteiger partial charge is 0.294 e. The molecule has 0 aromatic heterocycles. The maximum absolute atomic E-state index is 14.8. The Morgan fingerprint density at radius 1 is 0.931 bits per heavy atom. The summed E-state index contributed by atoms with van der Waals surface area (Å²) in [7, 11) is 1.55. The van der Waals surface area contributed by atoms with Crippen LogP contribution in [0.4, 0.5) is 8.78 Å². The van der Waals surface area contributed by atoms with Gasteiger partial charge in [-0.15, -0.1) is 0 Å². The molecule has 0 unspecified atom stereocenters. The van der Waals surface area contributed by atoms with Crippen molar-refractivity contribution in [1.82, 2.24) is 0 Å². The molecule has 0 saturated heterocycles. The molecule has 5 atom stereocenters. The van der Waals surface area contributed by atoms with Crippen molar-refractivity contribution in [1.29, 1.82) is 0 Å². The summed E-state index contributed by atoms with van der Waals surface area (Å²) in [6, 6.07) is 13.8. The number of para-hydroxylation sites is 1. The van der Waals surface area contributed by atoms with E-state index in [1.807, 2.05) is 12.1 Å². The van der Waals surface area contributed by atoms with Gasteiger partial charge in [-0.25, -0.2) is 8.78 Å². The highest BCUT2D eigenvalue weighted by molar-refractivity contribution is 5.39. The van der Waals surface area contributed by atoms with Gasteiger partial charge in [0.05, 0.1) is 25.7 Å². The fourth-order valence-corrected chi connectivity index (χ4v) is 3.53. The minimum absolute atomic E-state index is 0.118. The first-order chi connectivity index (χ1) is 13.8. The second-order valence-electron chi connectivity index (χ2n) is 7.11. The van der Waals surface area contributed by atoms with Crippen molar-refractivity contribution in [3.8, 4) is 11.5 Å². The van der Waals surface area contributed by atoms with Crippen molar-refractivity contribution >= 4 is 0 Å². The van der Waals surface area contributed by atoms with Crippen molar-refractivity contribution in [3.05, 3.63) is 59.7 Å². The summed E-state index contributed by atoms with van der Waals surface area (Å²) in [5.41, 5.74) is 1.49. The lowest BCUT2D eigenvalue weighted by Crippen LogP contribution is -2.67. The Hall–Kier alpha value is -2.26. The van der Waals surface area contributed by atoms with Crippen LogP contribution in [0.1, 0.15) is 11.1 Å². The molecule has 1 aliphatic rings. The van der Waals surface area contributed by atoms with Crippen LogP contribution in [0.2, 0.25) is 0 Å². The van der Waals surface area contributed by atoms with Crippen LogP contribution in [0.25, 0.3) is 0 Å². The molecule has 2 aromatic rings. The first kappa shape index (κ1) is 21.4. The second kappa shape index (κ2) is 8.62. The fraction of sp³-hybridized carbons (Fsp3) is 0.429. The first-order valence-corrected chi connectivity index (χ1v) is 9.20. The Kier molecular flexibility index (Phi) is 6.38. The normalized spacial score (nSPS) is 28.7. The quantitative estimate of drug-likeness (QED) is 0.574. The molecular formula is C21H24F2O6. The third-order valence-electron chi connectivity index (χ3n) is 5.27. The standard InChI is InChI=1S/C21H24F2O6/c1-28-14-8-6-12(7-9-14)10-13-4-2-3-5-16(13)29-20-19(27)18(26)17(25)15(11-24)21(20,22)23/h2-9,15,17-20,24-27H,10-11H2,1H3/t15-,17-,18+,19-,20+/m1/s1. The average Bonchev–Trinajstić information content (AvgIpc) is 2.71. The lowest BCUT2D eigenvalue weighted by molar-refractivity contribution is -0.266. The number of aliphatic hydroxyl groups excluding tert-OH is 4. The predicted molar refractivity (Wildman–Crippen MR) is 100 cm³/mol. The number of hydrogen-bond donors (Lipinski definition) is 4. The van der Waals surface area contributed by atoms with E-state index in [0.29, 0.717) is 17.7 Å². The van der Waals surface area contributed by atoms with Gasteiger partial charge in [-0.1, -0.05) is 30.3 Å². The molecule has 8 heteroatoms. The predicted octanol–water partition coefficient (Wildman–Crippen LogP) is 1.37. The van der Waals surface area contributed by atoms with Gasteiger partial charge in [0.2, 0.25) is 0 Å². The Bertz CT molecular complexity index is 813. The molecule has 0 radical (unpaired) electrons.